The van der Waals surface area contributed by atoms with Gasteiger partial charge in [0.05, 0.1) is 19.0 Å². The summed E-state index contributed by atoms with van der Waals surface area (Å²) < 4.78 is 0. The topological polar surface area (TPSA) is 58.2 Å². The molecule has 2 aromatic carbocycles. The number of amides is 2. The van der Waals surface area contributed by atoms with Crippen LogP contribution in [0.4, 0.5) is 0 Å². The highest BCUT2D eigenvalue weighted by Crippen LogP contribution is 2.29. The zero-order valence-corrected chi connectivity index (χ0v) is 15.8. The Balaban J connectivity index is 1.89. The molecule has 0 heterocycles. The predicted molar refractivity (Wildman–Crippen MR) is 105 cm³/mol. The van der Waals surface area contributed by atoms with E-state index in [0.717, 1.165) is 17.5 Å². The highest BCUT2D eigenvalue weighted by atomic mass is 16.2. The molecule has 0 saturated heterocycles. The van der Waals surface area contributed by atoms with E-state index in [-0.39, 0.29) is 36.2 Å². The van der Waals surface area contributed by atoms with Crippen LogP contribution in [0.25, 0.3) is 0 Å². The van der Waals surface area contributed by atoms with Crippen LogP contribution in [0, 0.1) is 5.41 Å². The lowest BCUT2D eigenvalue weighted by Crippen LogP contribution is -2.40. The summed E-state index contributed by atoms with van der Waals surface area (Å²) >= 11 is 0. The molecule has 0 saturated carbocycles. The van der Waals surface area contributed by atoms with E-state index in [9.17, 15) is 9.59 Å². The van der Waals surface area contributed by atoms with E-state index < -0.39 is 0 Å². The maximum atomic E-state index is 12.3. The van der Waals surface area contributed by atoms with Crippen LogP contribution in [0.5, 0.6) is 0 Å². The van der Waals surface area contributed by atoms with Crippen LogP contribution < -0.4 is 10.6 Å². The van der Waals surface area contributed by atoms with Gasteiger partial charge in [-0.25, -0.2) is 0 Å². The second-order valence-corrected chi connectivity index (χ2v) is 7.73. The molecule has 2 N–H and O–H groups in total. The lowest BCUT2D eigenvalue weighted by molar-refractivity contribution is -0.126. The molecule has 0 aliphatic rings. The number of carbonyl (C=O) groups is 2. The van der Waals surface area contributed by atoms with Crippen molar-refractivity contribution in [3.63, 3.8) is 0 Å². The van der Waals surface area contributed by atoms with Crippen LogP contribution in [-0.2, 0) is 16.0 Å². The first-order valence-electron chi connectivity index (χ1n) is 8.98. The fraction of sp³-hybridized carbons (Fsp3) is 0.364. The first-order chi connectivity index (χ1) is 12.3. The second kappa shape index (κ2) is 9.18. The summed E-state index contributed by atoms with van der Waals surface area (Å²) in [5.41, 5.74) is 2.08. The molecule has 0 radical (unpaired) electrons. The molecule has 4 nitrogen and oxygen atoms in total. The minimum atomic E-state index is -0.176. The van der Waals surface area contributed by atoms with Crippen molar-refractivity contribution in [3.8, 4) is 0 Å². The van der Waals surface area contributed by atoms with Gasteiger partial charge in [-0.05, 0) is 23.0 Å². The third kappa shape index (κ3) is 7.09. The number of hydrogen-bond acceptors (Lipinski definition) is 2. The Hall–Kier alpha value is -2.62. The zero-order valence-electron chi connectivity index (χ0n) is 15.8. The highest BCUT2D eigenvalue weighted by Gasteiger charge is 2.22. The number of rotatable bonds is 7. The normalized spacial score (nSPS) is 12.3. The molecule has 138 valence electrons. The Kier molecular flexibility index (Phi) is 6.96. The van der Waals surface area contributed by atoms with Gasteiger partial charge in [0, 0.05) is 0 Å². The van der Waals surface area contributed by atoms with E-state index >= 15 is 0 Å². The molecule has 0 aliphatic heterocycles. The van der Waals surface area contributed by atoms with Crippen LogP contribution >= 0.6 is 0 Å². The third-order valence-corrected chi connectivity index (χ3v) is 4.01. The summed E-state index contributed by atoms with van der Waals surface area (Å²) in [6.07, 6.45) is 1.10. The first kappa shape index (κ1) is 19.7. The second-order valence-electron chi connectivity index (χ2n) is 7.73. The highest BCUT2D eigenvalue weighted by molar-refractivity contribution is 5.85. The Morgan fingerprint density at radius 2 is 1.46 bits per heavy atom. The molecule has 4 heteroatoms. The van der Waals surface area contributed by atoms with Crippen molar-refractivity contribution in [2.75, 3.05) is 6.54 Å². The lowest BCUT2D eigenvalue weighted by atomic mass is 9.85. The predicted octanol–water partition coefficient (Wildman–Crippen LogP) is 3.64. The average Bonchev–Trinajstić information content (AvgIpc) is 2.60. The largest absolute Gasteiger partial charge is 0.348 e. The van der Waals surface area contributed by atoms with Crippen molar-refractivity contribution >= 4 is 11.8 Å². The van der Waals surface area contributed by atoms with Gasteiger partial charge in [-0.1, -0.05) is 81.4 Å². The quantitative estimate of drug-likeness (QED) is 0.799. The van der Waals surface area contributed by atoms with E-state index in [0.29, 0.717) is 0 Å². The van der Waals surface area contributed by atoms with Crippen molar-refractivity contribution in [3.05, 3.63) is 71.8 Å². The third-order valence-electron chi connectivity index (χ3n) is 4.01. The molecular formula is C22H28N2O2. The minimum absolute atomic E-state index is 0.0147. The molecule has 0 fully saturated rings. The molecule has 0 spiro atoms. The van der Waals surface area contributed by atoms with Crippen molar-refractivity contribution in [1.29, 1.82) is 0 Å². The van der Waals surface area contributed by atoms with Gasteiger partial charge in [-0.15, -0.1) is 0 Å². The van der Waals surface area contributed by atoms with Crippen LogP contribution in [-0.4, -0.2) is 18.4 Å². The number of nitrogens with one attached hydrogen (secondary N) is 2. The molecule has 1 unspecified atom stereocenters. The maximum absolute atomic E-state index is 12.3. The van der Waals surface area contributed by atoms with E-state index in [1.165, 1.54) is 0 Å². The van der Waals surface area contributed by atoms with Gasteiger partial charge in [0.25, 0.3) is 0 Å². The van der Waals surface area contributed by atoms with Gasteiger partial charge in [0.1, 0.15) is 0 Å². The van der Waals surface area contributed by atoms with E-state index in [1.807, 2.05) is 60.7 Å². The summed E-state index contributed by atoms with van der Waals surface area (Å²) in [7, 11) is 0. The number of hydrogen-bond donors (Lipinski definition) is 2. The fourth-order valence-electron chi connectivity index (χ4n) is 2.82. The van der Waals surface area contributed by atoms with Crippen molar-refractivity contribution < 1.29 is 9.59 Å². The smallest absolute Gasteiger partial charge is 0.239 e. The maximum Gasteiger partial charge on any atom is 0.239 e. The Morgan fingerprint density at radius 3 is 2.04 bits per heavy atom. The van der Waals surface area contributed by atoms with Gasteiger partial charge >= 0.3 is 0 Å². The molecule has 0 aliphatic carbocycles. The Labute approximate surface area is 156 Å². The van der Waals surface area contributed by atoms with Crippen LogP contribution in [0.2, 0.25) is 0 Å². The Bertz CT molecular complexity index is 706. The summed E-state index contributed by atoms with van der Waals surface area (Å²) in [4.78, 5) is 24.4. The van der Waals surface area contributed by atoms with Crippen LogP contribution in [0.1, 0.15) is 44.4 Å². The molecule has 0 aromatic heterocycles. The monoisotopic (exact) mass is 352 g/mol. The molecule has 26 heavy (non-hydrogen) atoms. The zero-order chi connectivity index (χ0) is 19.0. The van der Waals surface area contributed by atoms with Crippen molar-refractivity contribution in [2.45, 2.75) is 39.7 Å². The average molecular weight is 352 g/mol. The van der Waals surface area contributed by atoms with Gasteiger partial charge in [-0.2, -0.15) is 0 Å². The summed E-state index contributed by atoms with van der Waals surface area (Å²) in [5.74, 6) is -0.331. The fourth-order valence-corrected chi connectivity index (χ4v) is 2.82. The molecular weight excluding hydrogens is 324 g/mol. The summed E-state index contributed by atoms with van der Waals surface area (Å²) in [5, 5.41) is 5.76. The Morgan fingerprint density at radius 1 is 0.885 bits per heavy atom. The molecule has 1 atom stereocenters. The van der Waals surface area contributed by atoms with Crippen LogP contribution in [0.3, 0.4) is 0 Å². The van der Waals surface area contributed by atoms with Gasteiger partial charge in [0.2, 0.25) is 11.8 Å². The van der Waals surface area contributed by atoms with Gasteiger partial charge in [-0.3, -0.25) is 9.59 Å². The first-order valence-corrected chi connectivity index (χ1v) is 8.98. The van der Waals surface area contributed by atoms with Crippen molar-refractivity contribution in [2.24, 2.45) is 5.41 Å². The summed E-state index contributed by atoms with van der Waals surface area (Å²) in [6, 6.07) is 19.4. The number of benzene rings is 2. The number of carbonyl (C=O) groups excluding carboxylic acids is 2. The van der Waals surface area contributed by atoms with E-state index in [2.05, 4.69) is 31.4 Å². The van der Waals surface area contributed by atoms with Crippen LogP contribution in [0.15, 0.2) is 60.7 Å². The van der Waals surface area contributed by atoms with Crippen molar-refractivity contribution in [1.82, 2.24) is 10.6 Å². The minimum Gasteiger partial charge on any atom is -0.348 e. The molecule has 2 rings (SSSR count). The standard InChI is InChI=1S/C22H28N2O2/c1-22(2,3)15-19(18-12-8-5-9-13-18)24-21(26)16-23-20(25)14-17-10-6-4-7-11-17/h4-13,19H,14-16H2,1-3H3,(H,23,25)(H,24,26). The molecule has 2 amide bonds. The van der Waals surface area contributed by atoms with Gasteiger partial charge in [0.15, 0.2) is 0 Å². The molecule has 2 aromatic rings. The van der Waals surface area contributed by atoms with E-state index in [1.54, 1.807) is 0 Å². The summed E-state index contributed by atoms with van der Waals surface area (Å²) in [6.45, 7) is 6.43. The SMILES string of the molecule is CC(C)(C)CC(NC(=O)CNC(=O)Cc1ccccc1)c1ccccc1. The lowest BCUT2D eigenvalue weighted by Gasteiger charge is -2.27. The van der Waals surface area contributed by atoms with E-state index in [4.69, 9.17) is 0 Å². The van der Waals surface area contributed by atoms with Gasteiger partial charge < -0.3 is 10.6 Å². The molecule has 0 bridgehead atoms.